The smallest absolute Gasteiger partial charge is 0.151 e. The molecule has 1 N–H and O–H groups in total. The standard InChI is InChI=1S/C16H20N6/c1-11-16(18-7-6-17-11)19-8-12-9-22(10-12)15-5-4-14(20-21-15)13-2-3-13/h4-7,12-13H,2-3,8-10H2,1H3,(H,18,19). The first-order chi connectivity index (χ1) is 10.8. The van der Waals surface area contributed by atoms with Crippen LogP contribution in [0.1, 0.15) is 30.1 Å². The zero-order chi connectivity index (χ0) is 14.9. The molecule has 2 aromatic heterocycles. The summed E-state index contributed by atoms with van der Waals surface area (Å²) in [5, 5.41) is 12.1. The first-order valence-electron chi connectivity index (χ1n) is 7.89. The number of hydrogen-bond donors (Lipinski definition) is 1. The van der Waals surface area contributed by atoms with Gasteiger partial charge in [0.25, 0.3) is 0 Å². The van der Waals surface area contributed by atoms with Crippen molar-refractivity contribution in [3.05, 3.63) is 35.9 Å². The maximum Gasteiger partial charge on any atom is 0.151 e. The molecule has 0 amide bonds. The van der Waals surface area contributed by atoms with E-state index < -0.39 is 0 Å². The lowest BCUT2D eigenvalue weighted by atomic mass is 10.0. The molecule has 6 nitrogen and oxygen atoms in total. The second-order valence-electron chi connectivity index (χ2n) is 6.23. The normalized spacial score (nSPS) is 18.1. The van der Waals surface area contributed by atoms with Gasteiger partial charge in [-0.2, -0.15) is 5.10 Å². The molecule has 1 aliphatic heterocycles. The van der Waals surface area contributed by atoms with Gasteiger partial charge in [0, 0.05) is 43.9 Å². The third-order valence-electron chi connectivity index (χ3n) is 4.39. The largest absolute Gasteiger partial charge is 0.368 e. The third kappa shape index (κ3) is 2.73. The molecule has 0 atom stereocenters. The molecule has 0 unspecified atom stereocenters. The van der Waals surface area contributed by atoms with Crippen molar-refractivity contribution in [3.8, 4) is 0 Å². The summed E-state index contributed by atoms with van der Waals surface area (Å²) in [6.45, 7) is 4.93. The topological polar surface area (TPSA) is 66.8 Å². The van der Waals surface area contributed by atoms with Crippen molar-refractivity contribution in [2.45, 2.75) is 25.7 Å². The Labute approximate surface area is 130 Å². The van der Waals surface area contributed by atoms with Crippen molar-refractivity contribution in [2.24, 2.45) is 5.92 Å². The fourth-order valence-corrected chi connectivity index (χ4v) is 2.81. The zero-order valence-electron chi connectivity index (χ0n) is 12.7. The lowest BCUT2D eigenvalue weighted by molar-refractivity contribution is 0.425. The van der Waals surface area contributed by atoms with E-state index in [2.05, 4.69) is 42.5 Å². The highest BCUT2D eigenvalue weighted by molar-refractivity contribution is 5.43. The van der Waals surface area contributed by atoms with Crippen molar-refractivity contribution in [2.75, 3.05) is 29.9 Å². The van der Waals surface area contributed by atoms with Gasteiger partial charge in [-0.1, -0.05) is 0 Å². The number of rotatable bonds is 5. The van der Waals surface area contributed by atoms with Crippen molar-refractivity contribution in [1.82, 2.24) is 20.2 Å². The minimum absolute atomic E-state index is 0.617. The average molecular weight is 296 g/mol. The van der Waals surface area contributed by atoms with Crippen LogP contribution in [0.4, 0.5) is 11.6 Å². The Hall–Kier alpha value is -2.24. The molecular formula is C16H20N6. The second kappa shape index (κ2) is 5.51. The third-order valence-corrected chi connectivity index (χ3v) is 4.39. The molecule has 2 aliphatic rings. The van der Waals surface area contributed by atoms with Crippen molar-refractivity contribution < 1.29 is 0 Å². The number of anilines is 2. The first-order valence-corrected chi connectivity index (χ1v) is 7.89. The molecule has 6 heteroatoms. The van der Waals surface area contributed by atoms with Gasteiger partial charge in [-0.15, -0.1) is 5.10 Å². The number of hydrogen-bond acceptors (Lipinski definition) is 6. The molecule has 0 aromatic carbocycles. The van der Waals surface area contributed by atoms with Crippen LogP contribution < -0.4 is 10.2 Å². The maximum absolute atomic E-state index is 4.36. The zero-order valence-corrected chi connectivity index (χ0v) is 12.7. The highest BCUT2D eigenvalue weighted by Crippen LogP contribution is 2.38. The van der Waals surface area contributed by atoms with Gasteiger partial charge in [0.15, 0.2) is 5.82 Å². The summed E-state index contributed by atoms with van der Waals surface area (Å²) in [6, 6.07) is 4.24. The quantitative estimate of drug-likeness (QED) is 0.910. The lowest BCUT2D eigenvalue weighted by Crippen LogP contribution is -2.50. The van der Waals surface area contributed by atoms with Gasteiger partial charge in [0.1, 0.15) is 5.82 Å². The molecule has 4 rings (SSSR count). The van der Waals surface area contributed by atoms with E-state index in [9.17, 15) is 0 Å². The van der Waals surface area contributed by atoms with Crippen LogP contribution in [0.25, 0.3) is 0 Å². The minimum Gasteiger partial charge on any atom is -0.368 e. The van der Waals surface area contributed by atoms with Crippen LogP contribution in [-0.2, 0) is 0 Å². The van der Waals surface area contributed by atoms with Gasteiger partial charge in [-0.3, -0.25) is 4.98 Å². The molecular weight excluding hydrogens is 276 g/mol. The van der Waals surface area contributed by atoms with E-state index in [4.69, 9.17) is 0 Å². The van der Waals surface area contributed by atoms with Crippen LogP contribution in [0.15, 0.2) is 24.5 Å². The van der Waals surface area contributed by atoms with Gasteiger partial charge in [-0.25, -0.2) is 4.98 Å². The summed E-state index contributed by atoms with van der Waals surface area (Å²) in [4.78, 5) is 10.8. The number of aromatic nitrogens is 4. The Morgan fingerprint density at radius 1 is 1.14 bits per heavy atom. The van der Waals surface area contributed by atoms with Crippen LogP contribution in [0.5, 0.6) is 0 Å². The van der Waals surface area contributed by atoms with Crippen molar-refractivity contribution in [1.29, 1.82) is 0 Å². The van der Waals surface area contributed by atoms with E-state index in [0.29, 0.717) is 11.8 Å². The molecule has 1 aliphatic carbocycles. The SMILES string of the molecule is Cc1nccnc1NCC1CN(c2ccc(C3CC3)nn2)C1. The molecule has 22 heavy (non-hydrogen) atoms. The van der Waals surface area contributed by atoms with E-state index in [0.717, 1.165) is 42.7 Å². The summed E-state index contributed by atoms with van der Waals surface area (Å²) >= 11 is 0. The molecule has 1 saturated heterocycles. The predicted octanol–water partition coefficient (Wildman–Crippen LogP) is 2.00. The number of nitrogens with one attached hydrogen (secondary N) is 1. The highest BCUT2D eigenvalue weighted by Gasteiger charge is 2.29. The minimum atomic E-state index is 0.617. The molecule has 2 aromatic rings. The Kier molecular flexibility index (Phi) is 3.36. The Morgan fingerprint density at radius 3 is 2.64 bits per heavy atom. The summed E-state index contributed by atoms with van der Waals surface area (Å²) in [7, 11) is 0. The molecule has 0 radical (unpaired) electrons. The van der Waals surface area contributed by atoms with Gasteiger partial charge < -0.3 is 10.2 Å². The molecule has 3 heterocycles. The van der Waals surface area contributed by atoms with E-state index in [1.165, 1.54) is 12.8 Å². The van der Waals surface area contributed by atoms with Crippen LogP contribution in [0.2, 0.25) is 0 Å². The van der Waals surface area contributed by atoms with Crippen molar-refractivity contribution in [3.63, 3.8) is 0 Å². The van der Waals surface area contributed by atoms with E-state index in [-0.39, 0.29) is 0 Å². The average Bonchev–Trinajstić information content (AvgIpc) is 3.33. The number of aryl methyl sites for hydroxylation is 1. The van der Waals surface area contributed by atoms with E-state index in [1.807, 2.05) is 6.92 Å². The maximum atomic E-state index is 4.36. The first kappa shape index (κ1) is 13.4. The fourth-order valence-electron chi connectivity index (χ4n) is 2.81. The van der Waals surface area contributed by atoms with Crippen LogP contribution in [0, 0.1) is 12.8 Å². The summed E-state index contributed by atoms with van der Waals surface area (Å²) in [6.07, 6.45) is 5.98. The van der Waals surface area contributed by atoms with Gasteiger partial charge in [0.2, 0.25) is 0 Å². The summed E-state index contributed by atoms with van der Waals surface area (Å²) < 4.78 is 0. The van der Waals surface area contributed by atoms with Crippen LogP contribution in [-0.4, -0.2) is 39.8 Å². The van der Waals surface area contributed by atoms with Crippen LogP contribution >= 0.6 is 0 Å². The molecule has 0 spiro atoms. The monoisotopic (exact) mass is 296 g/mol. The van der Waals surface area contributed by atoms with Gasteiger partial charge >= 0.3 is 0 Å². The predicted molar refractivity (Wildman–Crippen MR) is 85.0 cm³/mol. The Balaban J connectivity index is 1.28. The van der Waals surface area contributed by atoms with E-state index >= 15 is 0 Å². The van der Waals surface area contributed by atoms with E-state index in [1.54, 1.807) is 12.4 Å². The lowest BCUT2D eigenvalue weighted by Gasteiger charge is -2.40. The molecule has 1 saturated carbocycles. The Bertz CT molecular complexity index is 646. The molecule has 0 bridgehead atoms. The fraction of sp³-hybridized carbons (Fsp3) is 0.500. The molecule has 114 valence electrons. The van der Waals surface area contributed by atoms with Gasteiger partial charge in [0.05, 0.1) is 11.4 Å². The highest BCUT2D eigenvalue weighted by atomic mass is 15.3. The number of nitrogens with zero attached hydrogens (tertiary/aromatic N) is 5. The summed E-state index contributed by atoms with van der Waals surface area (Å²) in [5.41, 5.74) is 2.10. The van der Waals surface area contributed by atoms with Gasteiger partial charge in [-0.05, 0) is 31.9 Å². The second-order valence-corrected chi connectivity index (χ2v) is 6.23. The van der Waals surface area contributed by atoms with Crippen molar-refractivity contribution >= 4 is 11.6 Å². The Morgan fingerprint density at radius 2 is 1.95 bits per heavy atom. The summed E-state index contributed by atoms with van der Waals surface area (Å²) in [5.74, 6) is 3.17. The van der Waals surface area contributed by atoms with Crippen LogP contribution in [0.3, 0.4) is 0 Å². The molecule has 2 fully saturated rings.